The zero-order valence-corrected chi connectivity index (χ0v) is 19.9. The van der Waals surface area contributed by atoms with Gasteiger partial charge in [-0.25, -0.2) is 0 Å². The van der Waals surface area contributed by atoms with Crippen LogP contribution in [0.5, 0.6) is 5.75 Å². The highest BCUT2D eigenvalue weighted by molar-refractivity contribution is 5.44. The number of fused-ring (bicyclic) bond motifs is 1. The van der Waals surface area contributed by atoms with Crippen LogP contribution in [0, 0.1) is 5.92 Å². The number of likely N-dealkylation sites (tertiary alicyclic amines) is 1. The van der Waals surface area contributed by atoms with Crippen LogP contribution in [0.3, 0.4) is 0 Å². The van der Waals surface area contributed by atoms with E-state index in [0.29, 0.717) is 18.4 Å². The van der Waals surface area contributed by atoms with E-state index in [-0.39, 0.29) is 6.29 Å². The van der Waals surface area contributed by atoms with E-state index in [1.54, 1.807) is 19.8 Å². The van der Waals surface area contributed by atoms with Gasteiger partial charge in [0.15, 0.2) is 6.29 Å². The van der Waals surface area contributed by atoms with E-state index in [9.17, 15) is 5.11 Å². The van der Waals surface area contributed by atoms with Gasteiger partial charge in [-0.3, -0.25) is 5.32 Å². The number of rotatable bonds is 10. The summed E-state index contributed by atoms with van der Waals surface area (Å²) in [4.78, 5) is 2.68. The molecule has 1 aromatic carbocycles. The minimum absolute atomic E-state index is 0.353. The fraction of sp³-hybridized carbons (Fsp3) is 0.769. The summed E-state index contributed by atoms with van der Waals surface area (Å²) in [5.41, 5.74) is 3.02. The molecular formula is C26H42N2O4. The predicted molar refractivity (Wildman–Crippen MR) is 126 cm³/mol. The third-order valence-corrected chi connectivity index (χ3v) is 7.88. The third kappa shape index (κ3) is 6.23. The fourth-order valence-corrected chi connectivity index (χ4v) is 5.89. The van der Waals surface area contributed by atoms with Gasteiger partial charge in [-0.15, -0.1) is 0 Å². The number of hydrogen-bond acceptors (Lipinski definition) is 6. The molecule has 4 rings (SSSR count). The third-order valence-electron chi connectivity index (χ3n) is 7.88. The van der Waals surface area contributed by atoms with Crippen molar-refractivity contribution in [1.82, 2.24) is 10.2 Å². The van der Waals surface area contributed by atoms with Gasteiger partial charge in [0, 0.05) is 38.7 Å². The summed E-state index contributed by atoms with van der Waals surface area (Å²) in [5, 5.41) is 13.6. The molecular weight excluding hydrogens is 404 g/mol. The highest BCUT2D eigenvalue weighted by Crippen LogP contribution is 2.37. The number of piperidine rings is 1. The average Bonchev–Trinajstić information content (AvgIpc) is 3.31. The summed E-state index contributed by atoms with van der Waals surface area (Å²) in [6.07, 6.45) is 9.29. The lowest BCUT2D eigenvalue weighted by atomic mass is 9.83. The number of aliphatic hydroxyl groups excluding tert-OH is 1. The first-order valence-electron chi connectivity index (χ1n) is 12.6. The lowest BCUT2D eigenvalue weighted by Crippen LogP contribution is -2.42. The maximum atomic E-state index is 10.2. The Hall–Kier alpha value is -1.18. The second-order valence-electron chi connectivity index (χ2n) is 9.86. The topological polar surface area (TPSA) is 63.2 Å². The first-order chi connectivity index (χ1) is 15.7. The summed E-state index contributed by atoms with van der Waals surface area (Å²) in [7, 11) is 3.22. The minimum Gasteiger partial charge on any atom is -0.493 e. The Kier molecular flexibility index (Phi) is 8.83. The Bertz CT molecular complexity index is 695. The summed E-state index contributed by atoms with van der Waals surface area (Å²) >= 11 is 0. The molecule has 1 aromatic rings. The van der Waals surface area contributed by atoms with Crippen molar-refractivity contribution >= 4 is 0 Å². The van der Waals surface area contributed by atoms with Gasteiger partial charge in [0.05, 0.1) is 6.61 Å². The highest BCUT2D eigenvalue weighted by atomic mass is 16.7. The van der Waals surface area contributed by atoms with E-state index in [4.69, 9.17) is 14.2 Å². The van der Waals surface area contributed by atoms with E-state index < -0.39 is 6.23 Å². The zero-order valence-electron chi connectivity index (χ0n) is 19.9. The van der Waals surface area contributed by atoms with Crippen LogP contribution in [0.25, 0.3) is 0 Å². The van der Waals surface area contributed by atoms with E-state index in [1.807, 2.05) is 0 Å². The molecule has 1 saturated carbocycles. The number of nitrogens with one attached hydrogen (secondary N) is 1. The van der Waals surface area contributed by atoms with Gasteiger partial charge >= 0.3 is 0 Å². The van der Waals surface area contributed by atoms with Crippen LogP contribution in [0.2, 0.25) is 0 Å². The van der Waals surface area contributed by atoms with E-state index in [0.717, 1.165) is 37.5 Å². The van der Waals surface area contributed by atoms with Gasteiger partial charge in [0.2, 0.25) is 0 Å². The first-order valence-corrected chi connectivity index (χ1v) is 12.6. The molecule has 0 amide bonds. The monoisotopic (exact) mass is 446 g/mol. The molecule has 1 saturated heterocycles. The van der Waals surface area contributed by atoms with Gasteiger partial charge in [-0.1, -0.05) is 12.1 Å². The molecule has 32 heavy (non-hydrogen) atoms. The predicted octanol–water partition coefficient (Wildman–Crippen LogP) is 3.67. The Labute approximate surface area is 193 Å². The van der Waals surface area contributed by atoms with Crippen molar-refractivity contribution < 1.29 is 19.3 Å². The highest BCUT2D eigenvalue weighted by Gasteiger charge is 2.27. The molecule has 180 valence electrons. The van der Waals surface area contributed by atoms with Gasteiger partial charge in [0.1, 0.15) is 12.0 Å². The van der Waals surface area contributed by atoms with Crippen LogP contribution >= 0.6 is 0 Å². The summed E-state index contributed by atoms with van der Waals surface area (Å²) in [6, 6.07) is 7.04. The lowest BCUT2D eigenvalue weighted by Gasteiger charge is -2.35. The summed E-state index contributed by atoms with van der Waals surface area (Å²) < 4.78 is 16.1. The van der Waals surface area contributed by atoms with Gasteiger partial charge in [-0.05, 0) is 88.0 Å². The van der Waals surface area contributed by atoms with Crippen molar-refractivity contribution in [1.29, 1.82) is 0 Å². The first kappa shape index (κ1) is 24.0. The van der Waals surface area contributed by atoms with E-state index in [1.165, 1.54) is 57.3 Å². The SMILES string of the molecule is COC(CC(O)NC1CCC(CCN2CCC(c3cccc4c3CCO4)CC2)CC1)OC. The molecule has 2 N–H and O–H groups in total. The molecule has 1 atom stereocenters. The maximum Gasteiger partial charge on any atom is 0.160 e. The van der Waals surface area contributed by atoms with E-state index in [2.05, 4.69) is 28.4 Å². The van der Waals surface area contributed by atoms with Gasteiger partial charge in [-0.2, -0.15) is 0 Å². The number of aliphatic hydroxyl groups is 1. The molecule has 0 bridgehead atoms. The van der Waals surface area contributed by atoms with Crippen LogP contribution in [0.4, 0.5) is 0 Å². The molecule has 2 fully saturated rings. The van der Waals surface area contributed by atoms with E-state index >= 15 is 0 Å². The molecule has 2 aliphatic heterocycles. The number of ether oxygens (including phenoxy) is 3. The number of nitrogens with zero attached hydrogens (tertiary/aromatic N) is 1. The number of methoxy groups -OCH3 is 2. The zero-order chi connectivity index (χ0) is 22.3. The smallest absolute Gasteiger partial charge is 0.160 e. The van der Waals surface area contributed by atoms with Crippen LogP contribution in [-0.4, -0.2) is 69.0 Å². The summed E-state index contributed by atoms with van der Waals surface area (Å²) in [5.74, 6) is 2.65. The Morgan fingerprint density at radius 1 is 1.09 bits per heavy atom. The van der Waals surface area contributed by atoms with Gasteiger partial charge in [0.25, 0.3) is 0 Å². The lowest BCUT2D eigenvalue weighted by molar-refractivity contribution is -0.126. The number of benzene rings is 1. The molecule has 3 aliphatic rings. The molecule has 6 heteroatoms. The quantitative estimate of drug-likeness (QED) is 0.535. The van der Waals surface area contributed by atoms with Crippen molar-refractivity contribution in [3.05, 3.63) is 29.3 Å². The van der Waals surface area contributed by atoms with Crippen LogP contribution in [0.15, 0.2) is 18.2 Å². The maximum absolute atomic E-state index is 10.2. The standard InChI is InChI=1S/C26H42N2O4/c1-30-26(31-2)18-25(29)27-21-8-6-19(7-9-21)10-14-28-15-11-20(12-16-28)22-4-3-5-24-23(22)13-17-32-24/h3-5,19-21,25-27,29H,6-18H2,1-2H3. The largest absolute Gasteiger partial charge is 0.493 e. The molecule has 0 spiro atoms. The van der Waals surface area contributed by atoms with Crippen LogP contribution in [-0.2, 0) is 15.9 Å². The van der Waals surface area contributed by atoms with Gasteiger partial charge < -0.3 is 24.2 Å². The molecule has 2 heterocycles. The fourth-order valence-electron chi connectivity index (χ4n) is 5.89. The average molecular weight is 447 g/mol. The molecule has 1 aliphatic carbocycles. The Balaban J connectivity index is 1.13. The Morgan fingerprint density at radius 2 is 1.84 bits per heavy atom. The second kappa shape index (κ2) is 11.8. The second-order valence-corrected chi connectivity index (χ2v) is 9.86. The van der Waals surface area contributed by atoms with Crippen molar-refractivity contribution in [3.63, 3.8) is 0 Å². The van der Waals surface area contributed by atoms with Crippen molar-refractivity contribution in [2.24, 2.45) is 5.92 Å². The summed E-state index contributed by atoms with van der Waals surface area (Å²) in [6.45, 7) is 4.52. The normalized spacial score (nSPS) is 25.6. The van der Waals surface area contributed by atoms with Crippen LogP contribution in [0.1, 0.15) is 68.4 Å². The Morgan fingerprint density at radius 3 is 2.56 bits per heavy atom. The number of hydrogen-bond donors (Lipinski definition) is 2. The van der Waals surface area contributed by atoms with Crippen LogP contribution < -0.4 is 10.1 Å². The molecule has 0 radical (unpaired) electrons. The molecule has 0 aromatic heterocycles. The van der Waals surface area contributed by atoms with Crippen molar-refractivity contribution in [3.8, 4) is 5.75 Å². The minimum atomic E-state index is -0.569. The van der Waals surface area contributed by atoms with Crippen molar-refractivity contribution in [2.75, 3.05) is 40.5 Å². The molecule has 6 nitrogen and oxygen atoms in total. The molecule has 1 unspecified atom stereocenters. The van der Waals surface area contributed by atoms with Crippen molar-refractivity contribution in [2.45, 2.75) is 82.3 Å².